The van der Waals surface area contributed by atoms with Crippen LogP contribution in [-0.2, 0) is 15.5 Å². The van der Waals surface area contributed by atoms with Crippen molar-refractivity contribution in [1.29, 1.82) is 0 Å². The first-order chi connectivity index (χ1) is 9.58. The molecule has 0 aliphatic rings. The first kappa shape index (κ1) is 19.3. The molecule has 1 atom stereocenters. The Bertz CT molecular complexity index is 682. The van der Waals surface area contributed by atoms with E-state index in [1.165, 1.54) is 26.0 Å². The lowest BCUT2D eigenvalue weighted by atomic mass is 9.98. The molecule has 0 heterocycles. The van der Waals surface area contributed by atoms with Gasteiger partial charge in [-0.25, -0.2) is 13.7 Å². The molecule has 22 heavy (non-hydrogen) atoms. The number of halogens is 1. The van der Waals surface area contributed by atoms with Gasteiger partial charge in [-0.1, -0.05) is 26.8 Å². The van der Waals surface area contributed by atoms with Crippen LogP contribution in [-0.4, -0.2) is 17.6 Å². The van der Waals surface area contributed by atoms with Crippen LogP contribution in [0.15, 0.2) is 27.1 Å². The van der Waals surface area contributed by atoms with Gasteiger partial charge in [-0.05, 0) is 44.1 Å². The highest BCUT2D eigenvalue weighted by molar-refractivity contribution is 7.92. The molecule has 0 bridgehead atoms. The van der Waals surface area contributed by atoms with Gasteiger partial charge in [0.1, 0.15) is 15.7 Å². The van der Waals surface area contributed by atoms with Crippen LogP contribution in [0.25, 0.3) is 0 Å². The maximum Gasteiger partial charge on any atom is 0.195 e. The molecule has 1 rings (SSSR count). The van der Waals surface area contributed by atoms with Gasteiger partial charge in [-0.15, -0.1) is 0 Å². The van der Waals surface area contributed by atoms with Gasteiger partial charge in [0, 0.05) is 5.56 Å². The molecule has 1 unspecified atom stereocenters. The Kier molecular flexibility index (Phi) is 5.00. The first-order valence-corrected chi connectivity index (χ1v) is 11.7. The Hall–Kier alpha value is -0.763. The van der Waals surface area contributed by atoms with E-state index < -0.39 is 29.6 Å². The molecule has 4 nitrogen and oxygen atoms in total. The third kappa shape index (κ3) is 4.16. The van der Waals surface area contributed by atoms with E-state index in [1.54, 1.807) is 0 Å². The van der Waals surface area contributed by atoms with E-state index in [0.717, 1.165) is 6.07 Å². The predicted molar refractivity (Wildman–Crippen MR) is 91.9 cm³/mol. The maximum atomic E-state index is 14.2. The summed E-state index contributed by atoms with van der Waals surface area (Å²) in [4.78, 5) is 0.155. The zero-order chi connectivity index (χ0) is 17.6. The van der Waals surface area contributed by atoms with Crippen molar-refractivity contribution in [2.75, 3.05) is 0 Å². The van der Waals surface area contributed by atoms with Gasteiger partial charge in [-0.3, -0.25) is 4.03 Å². The fraction of sp³-hybridized carbons (Fsp3) is 0.600. The highest BCUT2D eigenvalue weighted by atomic mass is 32.2. The van der Waals surface area contributed by atoms with Crippen molar-refractivity contribution in [2.24, 2.45) is 9.17 Å². The van der Waals surface area contributed by atoms with Crippen LogP contribution in [0.3, 0.4) is 0 Å². The van der Waals surface area contributed by atoms with Crippen molar-refractivity contribution < 1.29 is 13.7 Å². The van der Waals surface area contributed by atoms with Gasteiger partial charge in [0.2, 0.25) is 0 Å². The van der Waals surface area contributed by atoms with Crippen LogP contribution in [0.1, 0.15) is 40.2 Å². The van der Waals surface area contributed by atoms with Gasteiger partial charge >= 0.3 is 0 Å². The highest BCUT2D eigenvalue weighted by Crippen LogP contribution is 2.38. The normalized spacial score (nSPS) is 16.3. The van der Waals surface area contributed by atoms with E-state index >= 15 is 0 Å². The van der Waals surface area contributed by atoms with Gasteiger partial charge in [0.15, 0.2) is 8.24 Å². The zero-order valence-corrected chi connectivity index (χ0v) is 16.2. The number of hydrogen-bond acceptors (Lipinski definition) is 3. The van der Waals surface area contributed by atoms with Gasteiger partial charge in [0.05, 0.1) is 10.5 Å². The molecular weight excluding hydrogens is 319 g/mol. The molecule has 0 saturated carbocycles. The van der Waals surface area contributed by atoms with Crippen LogP contribution in [0.2, 0.25) is 18.1 Å². The minimum atomic E-state index is -3.17. The van der Waals surface area contributed by atoms with E-state index in [9.17, 15) is 13.7 Å². The molecule has 0 amide bonds. The third-order valence-electron chi connectivity index (χ3n) is 4.14. The van der Waals surface area contributed by atoms with Crippen molar-refractivity contribution in [3.63, 3.8) is 0 Å². The number of nitrogens with zero attached hydrogens (tertiary/aromatic N) is 1. The molecule has 0 fully saturated rings. The molecule has 126 valence electrons. The Labute approximate surface area is 134 Å². The molecule has 1 aromatic carbocycles. The van der Waals surface area contributed by atoms with E-state index in [-0.39, 0.29) is 15.5 Å². The summed E-state index contributed by atoms with van der Waals surface area (Å²) < 4.78 is 31.4. The minimum Gasteiger partial charge on any atom is -0.386 e. The standard InChI is InChI=1S/C15H27FN2O2SSi/c1-14(2,3)22(6,7)18-21(17,20)11-8-9-12(13(16)10-11)15(4,5)19/h8-10,19H,1-7H3,(H2,17,18,20). The van der Waals surface area contributed by atoms with Gasteiger partial charge in [-0.2, -0.15) is 0 Å². The van der Waals surface area contributed by atoms with E-state index in [2.05, 4.69) is 4.03 Å². The second-order valence-electron chi connectivity index (χ2n) is 7.67. The Morgan fingerprint density at radius 3 is 2.09 bits per heavy atom. The van der Waals surface area contributed by atoms with Gasteiger partial charge < -0.3 is 5.11 Å². The lowest BCUT2D eigenvalue weighted by Gasteiger charge is -2.32. The minimum absolute atomic E-state index is 0.111. The van der Waals surface area contributed by atoms with E-state index in [4.69, 9.17) is 5.14 Å². The number of benzene rings is 1. The smallest absolute Gasteiger partial charge is 0.195 e. The van der Waals surface area contributed by atoms with Crippen LogP contribution < -0.4 is 5.14 Å². The summed E-state index contributed by atoms with van der Waals surface area (Å²) in [5, 5.41) is 15.7. The third-order valence-corrected chi connectivity index (χ3v) is 11.6. The molecule has 0 aliphatic carbocycles. The summed E-state index contributed by atoms with van der Waals surface area (Å²) >= 11 is 0. The highest BCUT2D eigenvalue weighted by Gasteiger charge is 2.37. The van der Waals surface area contributed by atoms with Crippen molar-refractivity contribution in [3.05, 3.63) is 29.6 Å². The summed E-state index contributed by atoms with van der Waals surface area (Å²) in [6.07, 6.45) is 0. The van der Waals surface area contributed by atoms with Crippen LogP contribution in [0.4, 0.5) is 4.39 Å². The summed E-state index contributed by atoms with van der Waals surface area (Å²) in [6.45, 7) is 13.1. The largest absolute Gasteiger partial charge is 0.386 e. The number of rotatable bonds is 3. The fourth-order valence-corrected chi connectivity index (χ4v) is 6.47. The predicted octanol–water partition coefficient (Wildman–Crippen LogP) is 3.76. The SMILES string of the molecule is CC(C)(O)c1ccc(S(N)(=O)=N[Si](C)(C)C(C)(C)C)cc1F. The molecule has 0 aromatic heterocycles. The van der Waals surface area contributed by atoms with Gasteiger partial charge in [0.25, 0.3) is 0 Å². The zero-order valence-electron chi connectivity index (χ0n) is 14.4. The molecule has 0 radical (unpaired) electrons. The van der Waals surface area contributed by atoms with Crippen molar-refractivity contribution >= 4 is 18.2 Å². The summed E-state index contributed by atoms with van der Waals surface area (Å²) in [5.74, 6) is -0.631. The topological polar surface area (TPSA) is 75.7 Å². The lowest BCUT2D eigenvalue weighted by molar-refractivity contribution is 0.0744. The number of hydrogen-bond donors (Lipinski definition) is 2. The quantitative estimate of drug-likeness (QED) is 0.818. The van der Waals surface area contributed by atoms with Crippen LogP contribution in [0, 0.1) is 5.82 Å². The van der Waals surface area contributed by atoms with Crippen molar-refractivity contribution in [3.8, 4) is 0 Å². The molecule has 7 heteroatoms. The average Bonchev–Trinajstić information content (AvgIpc) is 2.23. The molecule has 1 aromatic rings. The molecule has 3 N–H and O–H groups in total. The van der Waals surface area contributed by atoms with Crippen molar-refractivity contribution in [1.82, 2.24) is 0 Å². The molecule has 0 saturated heterocycles. The Balaban J connectivity index is 3.43. The van der Waals surface area contributed by atoms with Crippen LogP contribution in [0.5, 0.6) is 0 Å². The maximum absolute atomic E-state index is 14.2. The van der Waals surface area contributed by atoms with Crippen molar-refractivity contribution in [2.45, 2.75) is 63.2 Å². The molecular formula is C15H27FN2O2SSi. The molecule has 0 aliphatic heterocycles. The summed E-state index contributed by atoms with van der Waals surface area (Å²) in [7, 11) is -5.41. The second-order valence-corrected chi connectivity index (χ2v) is 14.6. The Morgan fingerprint density at radius 1 is 1.23 bits per heavy atom. The fourth-order valence-electron chi connectivity index (χ4n) is 1.70. The number of aliphatic hydroxyl groups is 1. The lowest BCUT2D eigenvalue weighted by Crippen LogP contribution is -2.37. The summed E-state index contributed by atoms with van der Waals surface area (Å²) in [6, 6.07) is 4.01. The summed E-state index contributed by atoms with van der Waals surface area (Å²) in [5.41, 5.74) is -1.17. The Morgan fingerprint density at radius 2 is 1.73 bits per heavy atom. The molecule has 0 spiro atoms. The monoisotopic (exact) mass is 346 g/mol. The number of nitrogens with two attached hydrogens (primary N) is 1. The second kappa shape index (κ2) is 5.70. The average molecular weight is 347 g/mol. The van der Waals surface area contributed by atoms with Crippen LogP contribution >= 0.6 is 0 Å². The first-order valence-electron chi connectivity index (χ1n) is 7.16. The van der Waals surface area contributed by atoms with E-state index in [1.807, 2.05) is 33.9 Å². The van der Waals surface area contributed by atoms with E-state index in [0.29, 0.717) is 0 Å².